The molecule has 6 N–H and O–H groups in total. The number of halogens is 1. The second-order valence-corrected chi connectivity index (χ2v) is 9.11. The van der Waals surface area contributed by atoms with E-state index in [0.717, 1.165) is 6.20 Å². The predicted molar refractivity (Wildman–Crippen MR) is 136 cm³/mol. The van der Waals surface area contributed by atoms with E-state index >= 15 is 4.39 Å². The van der Waals surface area contributed by atoms with Crippen molar-refractivity contribution in [2.45, 2.75) is 25.3 Å². The molecule has 1 saturated heterocycles. The van der Waals surface area contributed by atoms with Gasteiger partial charge in [-0.15, -0.1) is 0 Å². The maximum atomic E-state index is 15.0. The molecule has 6 amide bonds. The number of piperazine rings is 1. The van der Waals surface area contributed by atoms with Crippen LogP contribution in [0.25, 0.3) is 0 Å². The Hall–Kier alpha value is -5.06. The average molecular weight is 570 g/mol. The highest BCUT2D eigenvalue weighted by molar-refractivity contribution is 6.47. The van der Waals surface area contributed by atoms with Crippen molar-refractivity contribution in [3.63, 3.8) is 0 Å². The monoisotopic (exact) mass is 570 g/mol. The van der Waals surface area contributed by atoms with Crippen LogP contribution in [0.1, 0.15) is 44.9 Å². The number of nitrogens with two attached hydrogens (primary N) is 1. The number of benzene rings is 1. The van der Waals surface area contributed by atoms with Crippen LogP contribution < -0.4 is 21.0 Å². The maximum Gasteiger partial charge on any atom is 0.547 e. The minimum absolute atomic E-state index is 0.0363. The van der Waals surface area contributed by atoms with E-state index in [1.54, 1.807) is 6.92 Å². The van der Waals surface area contributed by atoms with Gasteiger partial charge < -0.3 is 36.1 Å². The van der Waals surface area contributed by atoms with Gasteiger partial charge in [-0.3, -0.25) is 29.1 Å². The Morgan fingerprint density at radius 3 is 2.61 bits per heavy atom. The third-order valence-corrected chi connectivity index (χ3v) is 6.57. The Bertz CT molecular complexity index is 1460. The van der Waals surface area contributed by atoms with Gasteiger partial charge >= 0.3 is 30.9 Å². The molecule has 1 aromatic carbocycles. The lowest BCUT2D eigenvalue weighted by atomic mass is 9.72. The number of nitrogens with one attached hydrogen (secondary N) is 2. The van der Waals surface area contributed by atoms with Crippen LogP contribution in [0.5, 0.6) is 5.75 Å². The number of rotatable bonds is 7. The smallest absolute Gasteiger partial charge is 0.534 e. The lowest BCUT2D eigenvalue weighted by molar-refractivity contribution is -0.153. The molecule has 214 valence electrons. The fourth-order valence-corrected chi connectivity index (χ4v) is 4.41. The van der Waals surface area contributed by atoms with E-state index in [2.05, 4.69) is 15.6 Å². The summed E-state index contributed by atoms with van der Waals surface area (Å²) in [5.74, 6) is -7.98. The molecule has 1 fully saturated rings. The molecular formula is C24H24BFN6O9. The van der Waals surface area contributed by atoms with Gasteiger partial charge in [0.1, 0.15) is 17.3 Å². The summed E-state index contributed by atoms with van der Waals surface area (Å²) in [6.45, 7) is 1.71. The molecule has 0 aliphatic carbocycles. The number of carboxylic acids is 1. The SMILES string of the molecule is CCN1CCN(C(=O)NC(C(=O)N[C@H]2Cc3cccc(C(=O)O)c3OB2O)c2ncc(C(N)=O)cc2F)C(=O)C1=O. The lowest BCUT2D eigenvalue weighted by Crippen LogP contribution is -2.60. The molecule has 0 saturated carbocycles. The van der Waals surface area contributed by atoms with Crippen LogP contribution in [0.3, 0.4) is 0 Å². The third kappa shape index (κ3) is 5.79. The Kier molecular flexibility index (Phi) is 8.18. The minimum Gasteiger partial charge on any atom is -0.534 e. The van der Waals surface area contributed by atoms with Crippen molar-refractivity contribution < 1.29 is 47.9 Å². The highest BCUT2D eigenvalue weighted by Gasteiger charge is 2.41. The second kappa shape index (κ2) is 11.6. The number of para-hydroxylation sites is 1. The Balaban J connectivity index is 1.61. The van der Waals surface area contributed by atoms with Gasteiger partial charge in [0.25, 0.3) is 0 Å². The summed E-state index contributed by atoms with van der Waals surface area (Å²) in [6, 6.07) is 1.82. The van der Waals surface area contributed by atoms with Gasteiger partial charge in [0.15, 0.2) is 6.04 Å². The maximum absolute atomic E-state index is 15.0. The Morgan fingerprint density at radius 2 is 1.98 bits per heavy atom. The van der Waals surface area contributed by atoms with Gasteiger partial charge in [-0.25, -0.2) is 14.0 Å². The lowest BCUT2D eigenvalue weighted by Gasteiger charge is -2.33. The van der Waals surface area contributed by atoms with Crippen LogP contribution in [-0.2, 0) is 20.8 Å². The van der Waals surface area contributed by atoms with Crippen molar-refractivity contribution in [3.8, 4) is 5.75 Å². The summed E-state index contributed by atoms with van der Waals surface area (Å²) in [5.41, 5.74) is 4.30. The number of hydrogen-bond donors (Lipinski definition) is 5. The van der Waals surface area contributed by atoms with Crippen molar-refractivity contribution in [1.82, 2.24) is 25.4 Å². The standard InChI is InChI=1S/C24H24BFN6O9/c1-2-31-6-7-32(22(36)21(31)35)24(39)30-17(16-14(26)8-12(10-28-16)19(27)33)20(34)29-15-9-11-4-3-5-13(23(37)38)18(11)41-25(15)40/h3-5,8,10,15,17,40H,2,6-7,9H2,1H3,(H2,27,33)(H,29,34)(H,30,39)(H,37,38)/t15-,17?/m0/s1. The van der Waals surface area contributed by atoms with Crippen LogP contribution in [0.4, 0.5) is 9.18 Å². The van der Waals surface area contributed by atoms with Crippen LogP contribution in [0, 0.1) is 5.82 Å². The first-order chi connectivity index (χ1) is 19.4. The number of aromatic nitrogens is 1. The molecule has 1 unspecified atom stereocenters. The van der Waals surface area contributed by atoms with Crippen molar-refractivity contribution in [3.05, 3.63) is 58.7 Å². The predicted octanol–water partition coefficient (Wildman–Crippen LogP) is -1.40. The van der Waals surface area contributed by atoms with E-state index in [1.165, 1.54) is 23.1 Å². The molecule has 0 bridgehead atoms. The topological polar surface area (TPSA) is 222 Å². The molecule has 15 nitrogen and oxygen atoms in total. The van der Waals surface area contributed by atoms with Crippen molar-refractivity contribution >= 4 is 42.7 Å². The van der Waals surface area contributed by atoms with Crippen LogP contribution >= 0.6 is 0 Å². The molecule has 3 heterocycles. The molecule has 2 aliphatic heterocycles. The largest absolute Gasteiger partial charge is 0.547 e. The molecule has 17 heteroatoms. The summed E-state index contributed by atoms with van der Waals surface area (Å²) in [4.78, 5) is 79.7. The summed E-state index contributed by atoms with van der Waals surface area (Å²) >= 11 is 0. The molecule has 41 heavy (non-hydrogen) atoms. The zero-order valence-electron chi connectivity index (χ0n) is 21.5. The van der Waals surface area contributed by atoms with Crippen LogP contribution in [0.15, 0.2) is 30.5 Å². The molecule has 2 aromatic rings. The number of fused-ring (bicyclic) bond motifs is 1. The first-order valence-corrected chi connectivity index (χ1v) is 12.3. The fourth-order valence-electron chi connectivity index (χ4n) is 4.41. The molecule has 4 rings (SSSR count). The fraction of sp³-hybridized carbons (Fsp3) is 0.292. The average Bonchev–Trinajstić information content (AvgIpc) is 2.93. The number of likely N-dealkylation sites (N-methyl/N-ethyl adjacent to an activating group) is 1. The summed E-state index contributed by atoms with van der Waals surface area (Å²) in [5, 5.41) is 24.5. The number of primary amides is 1. The quantitative estimate of drug-likeness (QED) is 0.193. The highest BCUT2D eigenvalue weighted by Crippen LogP contribution is 2.30. The second-order valence-electron chi connectivity index (χ2n) is 9.11. The number of pyridine rings is 1. The first-order valence-electron chi connectivity index (χ1n) is 12.3. The van der Waals surface area contributed by atoms with Crippen molar-refractivity contribution in [2.24, 2.45) is 5.73 Å². The van der Waals surface area contributed by atoms with E-state index in [9.17, 15) is 38.9 Å². The normalized spacial score (nSPS) is 17.3. The molecule has 1 aromatic heterocycles. The van der Waals surface area contributed by atoms with Crippen molar-refractivity contribution in [2.75, 3.05) is 19.6 Å². The van der Waals surface area contributed by atoms with E-state index in [-0.39, 0.29) is 42.9 Å². The molecule has 0 radical (unpaired) electrons. The van der Waals surface area contributed by atoms with Gasteiger partial charge in [-0.1, -0.05) is 12.1 Å². The van der Waals surface area contributed by atoms with Crippen molar-refractivity contribution in [1.29, 1.82) is 0 Å². The van der Waals surface area contributed by atoms with E-state index in [0.29, 0.717) is 16.5 Å². The van der Waals surface area contributed by atoms with Gasteiger partial charge in [0.2, 0.25) is 11.8 Å². The number of carboxylic acid groups (broad SMARTS) is 1. The summed E-state index contributed by atoms with van der Waals surface area (Å²) < 4.78 is 20.4. The number of carbonyl (C=O) groups excluding carboxylic acids is 5. The Labute approximate surface area is 231 Å². The first kappa shape index (κ1) is 28.9. The number of nitrogens with zero attached hydrogens (tertiary/aromatic N) is 3. The van der Waals surface area contributed by atoms with Gasteiger partial charge in [0, 0.05) is 25.8 Å². The van der Waals surface area contributed by atoms with E-state index in [4.69, 9.17) is 10.4 Å². The number of imide groups is 1. The highest BCUT2D eigenvalue weighted by atomic mass is 19.1. The minimum atomic E-state index is -1.92. The zero-order chi connectivity index (χ0) is 30.0. The van der Waals surface area contributed by atoms with Crippen LogP contribution in [-0.4, -0.2) is 93.2 Å². The number of aromatic carboxylic acids is 1. The van der Waals surface area contributed by atoms with Crippen LogP contribution in [0.2, 0.25) is 0 Å². The number of urea groups is 1. The van der Waals surface area contributed by atoms with Gasteiger partial charge in [-0.2, -0.15) is 0 Å². The Morgan fingerprint density at radius 1 is 1.24 bits per heavy atom. The molecular weight excluding hydrogens is 546 g/mol. The number of amides is 6. The zero-order valence-corrected chi connectivity index (χ0v) is 21.5. The van der Waals surface area contributed by atoms with Gasteiger partial charge in [0.05, 0.1) is 17.1 Å². The molecule has 2 atom stereocenters. The number of hydrogen-bond acceptors (Lipinski definition) is 9. The van der Waals surface area contributed by atoms with E-state index < -0.39 is 66.2 Å². The number of carbonyl (C=O) groups is 6. The van der Waals surface area contributed by atoms with E-state index in [1.807, 2.05) is 0 Å². The summed E-state index contributed by atoms with van der Waals surface area (Å²) in [6.07, 6.45) is 0.774. The molecule has 0 spiro atoms. The molecule has 2 aliphatic rings. The summed E-state index contributed by atoms with van der Waals surface area (Å²) in [7, 11) is -1.74. The van der Waals surface area contributed by atoms with Gasteiger partial charge in [-0.05, 0) is 31.0 Å². The third-order valence-electron chi connectivity index (χ3n) is 6.57.